The zero-order valence-corrected chi connectivity index (χ0v) is 12.1. The third-order valence-electron chi connectivity index (χ3n) is 4.40. The van der Waals surface area contributed by atoms with Crippen LogP contribution in [0, 0.1) is 6.92 Å². The molecule has 3 heterocycles. The lowest BCUT2D eigenvalue weighted by Crippen LogP contribution is -2.46. The fourth-order valence-electron chi connectivity index (χ4n) is 3.28. The van der Waals surface area contributed by atoms with Crippen LogP contribution in [0.15, 0.2) is 12.4 Å². The summed E-state index contributed by atoms with van der Waals surface area (Å²) in [6.45, 7) is 5.06. The van der Waals surface area contributed by atoms with Gasteiger partial charge in [0.25, 0.3) is 0 Å². The summed E-state index contributed by atoms with van der Waals surface area (Å²) in [7, 11) is 0. The zero-order chi connectivity index (χ0) is 14.0. The molecule has 0 bridgehead atoms. The maximum atomic E-state index is 10.7. The maximum Gasteiger partial charge on any atom is 0.0818 e. The fourth-order valence-corrected chi connectivity index (χ4v) is 3.28. The van der Waals surface area contributed by atoms with Crippen molar-refractivity contribution in [2.24, 2.45) is 0 Å². The lowest BCUT2D eigenvalue weighted by Gasteiger charge is -2.37. The molecule has 0 spiro atoms. The topological polar surface area (TPSA) is 58.5 Å². The number of hydrogen-bond acceptors (Lipinski definition) is 5. The van der Waals surface area contributed by atoms with Crippen LogP contribution in [0.4, 0.5) is 0 Å². The second-order valence-electron chi connectivity index (χ2n) is 6.05. The number of aryl methyl sites for hydroxylation is 1. The van der Waals surface area contributed by atoms with Gasteiger partial charge in [-0.15, -0.1) is 0 Å². The number of ether oxygens (including phenoxy) is 1. The van der Waals surface area contributed by atoms with E-state index in [0.717, 1.165) is 50.2 Å². The van der Waals surface area contributed by atoms with Gasteiger partial charge in [-0.05, 0) is 26.3 Å². The highest BCUT2D eigenvalue weighted by molar-refractivity contribution is 5.09. The number of nitrogens with zero attached hydrogens (tertiary/aromatic N) is 3. The SMILES string of the molecule is Cc1cncc([C@H]2CCCN2CC2(O)CCOCC2)n1. The summed E-state index contributed by atoms with van der Waals surface area (Å²) in [5, 5.41) is 10.7. The van der Waals surface area contributed by atoms with Crippen molar-refractivity contribution in [1.29, 1.82) is 0 Å². The molecule has 0 saturated carbocycles. The molecule has 5 nitrogen and oxygen atoms in total. The van der Waals surface area contributed by atoms with E-state index < -0.39 is 5.60 Å². The van der Waals surface area contributed by atoms with Crippen molar-refractivity contribution in [3.63, 3.8) is 0 Å². The molecule has 1 aromatic heterocycles. The van der Waals surface area contributed by atoms with E-state index in [9.17, 15) is 5.11 Å². The quantitative estimate of drug-likeness (QED) is 0.906. The van der Waals surface area contributed by atoms with E-state index in [1.54, 1.807) is 6.20 Å². The van der Waals surface area contributed by atoms with Crippen molar-refractivity contribution in [1.82, 2.24) is 14.9 Å². The number of β-amino-alcohol motifs (C(OH)–C–C–N with tert-alkyl or cyclic N) is 1. The minimum absolute atomic E-state index is 0.300. The molecule has 2 saturated heterocycles. The summed E-state index contributed by atoms with van der Waals surface area (Å²) >= 11 is 0. The average Bonchev–Trinajstić information content (AvgIpc) is 2.87. The Balaban J connectivity index is 1.72. The highest BCUT2D eigenvalue weighted by atomic mass is 16.5. The Morgan fingerprint density at radius 3 is 2.95 bits per heavy atom. The Hall–Kier alpha value is -1.04. The lowest BCUT2D eigenvalue weighted by molar-refractivity contribution is -0.0817. The molecule has 1 atom stereocenters. The Bertz CT molecular complexity index is 460. The fraction of sp³-hybridized carbons (Fsp3) is 0.733. The molecular formula is C15H23N3O2. The molecule has 0 radical (unpaired) electrons. The lowest BCUT2D eigenvalue weighted by atomic mass is 9.93. The summed E-state index contributed by atoms with van der Waals surface area (Å²) in [6.07, 6.45) is 7.38. The van der Waals surface area contributed by atoms with Gasteiger partial charge < -0.3 is 9.84 Å². The number of aliphatic hydroxyl groups is 1. The van der Waals surface area contributed by atoms with Crippen LogP contribution in [0.3, 0.4) is 0 Å². The summed E-state index contributed by atoms with van der Waals surface area (Å²) in [6, 6.07) is 0.300. The van der Waals surface area contributed by atoms with E-state index in [0.29, 0.717) is 19.3 Å². The van der Waals surface area contributed by atoms with Gasteiger partial charge >= 0.3 is 0 Å². The van der Waals surface area contributed by atoms with Gasteiger partial charge in [0.1, 0.15) is 0 Å². The number of aromatic nitrogens is 2. The second kappa shape index (κ2) is 5.76. The standard InChI is InChI=1S/C15H23N3O2/c1-12-9-16-10-13(17-12)14-3-2-6-18(14)11-15(19)4-7-20-8-5-15/h9-10,14,19H,2-8,11H2,1H3/t14-/m1/s1. The zero-order valence-electron chi connectivity index (χ0n) is 12.1. The predicted octanol–water partition coefficient (Wildman–Crippen LogP) is 1.46. The first-order valence-electron chi connectivity index (χ1n) is 7.49. The van der Waals surface area contributed by atoms with E-state index in [4.69, 9.17) is 4.74 Å². The average molecular weight is 277 g/mol. The van der Waals surface area contributed by atoms with Crippen molar-refractivity contribution in [2.75, 3.05) is 26.3 Å². The van der Waals surface area contributed by atoms with Crippen LogP contribution < -0.4 is 0 Å². The van der Waals surface area contributed by atoms with Crippen LogP contribution in [-0.2, 0) is 4.74 Å². The Morgan fingerprint density at radius 2 is 2.20 bits per heavy atom. The molecule has 0 aromatic carbocycles. The summed E-state index contributed by atoms with van der Waals surface area (Å²) in [5.74, 6) is 0. The Kier molecular flexibility index (Phi) is 4.01. The summed E-state index contributed by atoms with van der Waals surface area (Å²) < 4.78 is 5.36. The molecule has 2 fully saturated rings. The molecule has 3 rings (SSSR count). The van der Waals surface area contributed by atoms with Gasteiger partial charge in [-0.1, -0.05) is 0 Å². The smallest absolute Gasteiger partial charge is 0.0818 e. The predicted molar refractivity (Wildman–Crippen MR) is 75.3 cm³/mol. The first-order valence-corrected chi connectivity index (χ1v) is 7.49. The number of hydrogen-bond donors (Lipinski definition) is 1. The summed E-state index contributed by atoms with van der Waals surface area (Å²) in [4.78, 5) is 11.2. The first-order chi connectivity index (χ1) is 9.66. The van der Waals surface area contributed by atoms with Gasteiger partial charge in [0.05, 0.1) is 23.0 Å². The molecule has 1 aromatic rings. The van der Waals surface area contributed by atoms with E-state index >= 15 is 0 Å². The van der Waals surface area contributed by atoms with Gasteiger partial charge in [-0.25, -0.2) is 0 Å². The normalized spacial score (nSPS) is 26.8. The van der Waals surface area contributed by atoms with Gasteiger partial charge in [-0.3, -0.25) is 14.9 Å². The van der Waals surface area contributed by atoms with Gasteiger partial charge in [-0.2, -0.15) is 0 Å². The minimum atomic E-state index is -0.599. The van der Waals surface area contributed by atoms with Gasteiger partial charge in [0.15, 0.2) is 0 Å². The van der Waals surface area contributed by atoms with Crippen LogP contribution >= 0.6 is 0 Å². The molecule has 2 aliphatic rings. The van der Waals surface area contributed by atoms with Gasteiger partial charge in [0, 0.05) is 45.0 Å². The third-order valence-corrected chi connectivity index (χ3v) is 4.40. The van der Waals surface area contributed by atoms with Gasteiger partial charge in [0.2, 0.25) is 0 Å². The van der Waals surface area contributed by atoms with Crippen molar-refractivity contribution < 1.29 is 9.84 Å². The Labute approximate surface area is 120 Å². The molecule has 20 heavy (non-hydrogen) atoms. The molecule has 5 heteroatoms. The Morgan fingerprint density at radius 1 is 1.40 bits per heavy atom. The van der Waals surface area contributed by atoms with Crippen LogP contribution in [0.2, 0.25) is 0 Å². The van der Waals surface area contributed by atoms with Crippen molar-refractivity contribution in [3.8, 4) is 0 Å². The summed E-state index contributed by atoms with van der Waals surface area (Å²) in [5.41, 5.74) is 1.40. The van der Waals surface area contributed by atoms with E-state index in [1.165, 1.54) is 0 Å². The largest absolute Gasteiger partial charge is 0.388 e. The number of rotatable bonds is 3. The highest BCUT2D eigenvalue weighted by Crippen LogP contribution is 2.33. The molecule has 0 unspecified atom stereocenters. The first kappa shape index (κ1) is 13.9. The molecule has 2 aliphatic heterocycles. The monoisotopic (exact) mass is 277 g/mol. The van der Waals surface area contributed by atoms with Crippen LogP contribution in [0.1, 0.15) is 43.1 Å². The van der Waals surface area contributed by atoms with Crippen molar-refractivity contribution in [3.05, 3.63) is 23.8 Å². The molecule has 1 N–H and O–H groups in total. The van der Waals surface area contributed by atoms with Crippen LogP contribution in [-0.4, -0.2) is 51.9 Å². The number of likely N-dealkylation sites (tertiary alicyclic amines) is 1. The molecular weight excluding hydrogens is 254 g/mol. The van der Waals surface area contributed by atoms with Crippen molar-refractivity contribution >= 4 is 0 Å². The molecule has 0 aliphatic carbocycles. The third kappa shape index (κ3) is 3.00. The molecule has 0 amide bonds. The van der Waals surface area contributed by atoms with E-state index in [1.807, 2.05) is 13.1 Å². The van der Waals surface area contributed by atoms with Crippen molar-refractivity contribution in [2.45, 2.75) is 44.2 Å². The van der Waals surface area contributed by atoms with E-state index in [2.05, 4.69) is 14.9 Å². The van der Waals surface area contributed by atoms with E-state index in [-0.39, 0.29) is 0 Å². The highest BCUT2D eigenvalue weighted by Gasteiger charge is 2.36. The maximum absolute atomic E-state index is 10.7. The second-order valence-corrected chi connectivity index (χ2v) is 6.05. The molecule has 110 valence electrons. The van der Waals surface area contributed by atoms with Crippen LogP contribution in [0.5, 0.6) is 0 Å². The minimum Gasteiger partial charge on any atom is -0.388 e. The van der Waals surface area contributed by atoms with Crippen LogP contribution in [0.25, 0.3) is 0 Å².